The number of carbonyl (C=O) groups excluding carboxylic acids is 3. The van der Waals surface area contributed by atoms with Crippen molar-refractivity contribution in [2.45, 2.75) is 62.9 Å². The van der Waals surface area contributed by atoms with Gasteiger partial charge in [0.05, 0.1) is 18.6 Å². The first kappa shape index (κ1) is 31.9. The van der Waals surface area contributed by atoms with Gasteiger partial charge in [-0.25, -0.2) is 4.79 Å². The SMILES string of the molecule is CSCCC(N)C(=O)NC(C(=O)NC(CC(=O)O)C(=O)NC(CCCN=C(N)N)C(=O)O)C(C)O. The molecule has 0 aromatic carbocycles. The second-order valence-electron chi connectivity index (χ2n) is 7.62. The molecule has 0 radical (unpaired) electrons. The number of nitrogens with one attached hydrogen (secondary N) is 3. The van der Waals surface area contributed by atoms with Crippen LogP contribution >= 0.6 is 11.8 Å². The monoisotopic (exact) mass is 521 g/mol. The fourth-order valence-corrected chi connectivity index (χ4v) is 3.21. The van der Waals surface area contributed by atoms with E-state index in [2.05, 4.69) is 20.9 Å². The second kappa shape index (κ2) is 16.5. The predicted octanol–water partition coefficient (Wildman–Crippen LogP) is -3.49. The maximum Gasteiger partial charge on any atom is 0.326 e. The Kier molecular flexibility index (Phi) is 15.0. The topological polar surface area (TPSA) is 273 Å². The lowest BCUT2D eigenvalue weighted by Gasteiger charge is -2.26. The average molecular weight is 522 g/mol. The van der Waals surface area contributed by atoms with Crippen LogP contribution in [-0.2, 0) is 24.0 Å². The van der Waals surface area contributed by atoms with Crippen LogP contribution in [0.1, 0.15) is 32.6 Å². The van der Waals surface area contributed by atoms with Gasteiger partial charge in [-0.3, -0.25) is 24.2 Å². The van der Waals surface area contributed by atoms with Gasteiger partial charge >= 0.3 is 11.9 Å². The molecule has 0 aliphatic rings. The molecule has 3 amide bonds. The summed E-state index contributed by atoms with van der Waals surface area (Å²) in [5.74, 6) is -5.30. The molecule has 200 valence electrons. The van der Waals surface area contributed by atoms with Crippen LogP contribution in [0.2, 0.25) is 0 Å². The third-order valence-corrected chi connectivity index (χ3v) is 5.25. The van der Waals surface area contributed by atoms with E-state index in [0.29, 0.717) is 12.2 Å². The van der Waals surface area contributed by atoms with Crippen molar-refractivity contribution < 1.29 is 39.3 Å². The summed E-state index contributed by atoms with van der Waals surface area (Å²) in [4.78, 5) is 64.0. The molecule has 0 rings (SSSR count). The quantitative estimate of drug-likeness (QED) is 0.0512. The minimum atomic E-state index is -1.69. The highest BCUT2D eigenvalue weighted by Gasteiger charge is 2.33. The average Bonchev–Trinajstić information content (AvgIpc) is 2.75. The highest BCUT2D eigenvalue weighted by Crippen LogP contribution is 2.04. The lowest BCUT2D eigenvalue weighted by atomic mass is 10.1. The summed E-state index contributed by atoms with van der Waals surface area (Å²) in [6, 6.07) is -5.60. The number of rotatable bonds is 17. The molecule has 12 N–H and O–H groups in total. The highest BCUT2D eigenvalue weighted by molar-refractivity contribution is 7.98. The van der Waals surface area contributed by atoms with Crippen LogP contribution in [0.4, 0.5) is 0 Å². The fraction of sp³-hybridized carbons (Fsp3) is 0.684. The minimum Gasteiger partial charge on any atom is -0.481 e. The number of aliphatic hydroxyl groups is 1. The van der Waals surface area contributed by atoms with Gasteiger partial charge in [-0.15, -0.1) is 0 Å². The largest absolute Gasteiger partial charge is 0.481 e. The Morgan fingerprint density at radius 2 is 1.54 bits per heavy atom. The molecule has 0 saturated carbocycles. The number of hydrogen-bond donors (Lipinski definition) is 9. The third kappa shape index (κ3) is 13.4. The predicted molar refractivity (Wildman–Crippen MR) is 128 cm³/mol. The van der Waals surface area contributed by atoms with Crippen molar-refractivity contribution in [2.75, 3.05) is 18.6 Å². The normalized spacial score (nSPS) is 15.0. The number of nitrogens with zero attached hydrogens (tertiary/aromatic N) is 1. The summed E-state index contributed by atoms with van der Waals surface area (Å²) in [7, 11) is 0. The standard InChI is InChI=1S/C19H35N7O8S/c1-9(27)14(26-15(30)10(20)5-7-35-2)17(32)25-12(8-13(28)29)16(31)24-11(18(33)34)4-3-6-23-19(21)22/h9-12,14,27H,3-8,20H2,1-2H3,(H,24,31)(H,25,32)(H,26,30)(H,28,29)(H,33,34)(H4,21,22,23). The van der Waals surface area contributed by atoms with Crippen LogP contribution < -0.4 is 33.2 Å². The molecule has 0 spiro atoms. The van der Waals surface area contributed by atoms with E-state index in [4.69, 9.17) is 22.3 Å². The number of hydrogen-bond acceptors (Lipinski definition) is 9. The first-order valence-electron chi connectivity index (χ1n) is 10.6. The number of aliphatic imine (C=N–C) groups is 1. The third-order valence-electron chi connectivity index (χ3n) is 4.60. The van der Waals surface area contributed by atoms with Gasteiger partial charge in [0.25, 0.3) is 0 Å². The Balaban J connectivity index is 5.37. The van der Waals surface area contributed by atoms with E-state index >= 15 is 0 Å². The van der Waals surface area contributed by atoms with E-state index in [1.54, 1.807) is 0 Å². The Labute approximate surface area is 206 Å². The van der Waals surface area contributed by atoms with E-state index in [-0.39, 0.29) is 25.3 Å². The molecule has 0 aromatic heterocycles. The Hall–Kier alpha value is -3.11. The van der Waals surface area contributed by atoms with Crippen molar-refractivity contribution >= 4 is 47.4 Å². The fourth-order valence-electron chi connectivity index (χ4n) is 2.72. The minimum absolute atomic E-state index is 0.0775. The van der Waals surface area contributed by atoms with Gasteiger partial charge in [0.2, 0.25) is 17.7 Å². The first-order valence-corrected chi connectivity index (χ1v) is 12.0. The number of carbonyl (C=O) groups is 5. The molecule has 5 atom stereocenters. The molecule has 16 heteroatoms. The molecule has 5 unspecified atom stereocenters. The highest BCUT2D eigenvalue weighted by atomic mass is 32.2. The number of nitrogens with two attached hydrogens (primary N) is 3. The summed E-state index contributed by atoms with van der Waals surface area (Å²) in [5.41, 5.74) is 16.1. The van der Waals surface area contributed by atoms with Crippen LogP contribution in [0.3, 0.4) is 0 Å². The Morgan fingerprint density at radius 1 is 0.943 bits per heavy atom. The maximum absolute atomic E-state index is 12.7. The van der Waals surface area contributed by atoms with E-state index in [0.717, 1.165) is 0 Å². The van der Waals surface area contributed by atoms with Gasteiger partial charge in [-0.05, 0) is 38.2 Å². The van der Waals surface area contributed by atoms with Crippen LogP contribution in [0, 0.1) is 0 Å². The summed E-state index contributed by atoms with van der Waals surface area (Å²) in [6.07, 6.45) is -0.0495. The van der Waals surface area contributed by atoms with Gasteiger partial charge in [-0.2, -0.15) is 11.8 Å². The number of carboxylic acids is 2. The lowest BCUT2D eigenvalue weighted by molar-refractivity contribution is -0.144. The summed E-state index contributed by atoms with van der Waals surface area (Å²) in [6.45, 7) is 1.31. The lowest BCUT2D eigenvalue weighted by Crippen LogP contribution is -2.60. The maximum atomic E-state index is 12.7. The molecule has 0 aliphatic heterocycles. The zero-order valence-corrected chi connectivity index (χ0v) is 20.4. The molecule has 15 nitrogen and oxygen atoms in total. The van der Waals surface area contributed by atoms with Crippen LogP contribution in [0.15, 0.2) is 4.99 Å². The number of aliphatic carboxylic acids is 2. The number of aliphatic hydroxyl groups excluding tert-OH is 1. The van der Waals surface area contributed by atoms with E-state index in [9.17, 15) is 34.2 Å². The van der Waals surface area contributed by atoms with E-state index in [1.165, 1.54) is 18.7 Å². The summed E-state index contributed by atoms with van der Waals surface area (Å²) >= 11 is 1.46. The van der Waals surface area contributed by atoms with Crippen molar-refractivity contribution in [2.24, 2.45) is 22.2 Å². The van der Waals surface area contributed by atoms with Gasteiger partial charge in [0.1, 0.15) is 18.1 Å². The van der Waals surface area contributed by atoms with Gasteiger partial charge in [-0.1, -0.05) is 0 Å². The Bertz CT molecular complexity index is 776. The molecular weight excluding hydrogens is 486 g/mol. The van der Waals surface area contributed by atoms with Gasteiger partial charge in [0, 0.05) is 6.54 Å². The van der Waals surface area contributed by atoms with Crippen LogP contribution in [0.5, 0.6) is 0 Å². The number of carboxylic acid groups (broad SMARTS) is 2. The van der Waals surface area contributed by atoms with Crippen LogP contribution in [0.25, 0.3) is 0 Å². The van der Waals surface area contributed by atoms with Gasteiger partial charge in [0.15, 0.2) is 5.96 Å². The molecule has 0 bridgehead atoms. The number of amides is 3. The van der Waals surface area contributed by atoms with Crippen LogP contribution in [-0.4, -0.2) is 99.8 Å². The molecule has 35 heavy (non-hydrogen) atoms. The van der Waals surface area contributed by atoms with Crippen molar-refractivity contribution in [3.63, 3.8) is 0 Å². The molecule has 0 heterocycles. The Morgan fingerprint density at radius 3 is 2.03 bits per heavy atom. The molecule has 0 fully saturated rings. The number of thioether (sulfide) groups is 1. The number of guanidine groups is 1. The van der Waals surface area contributed by atoms with Gasteiger partial charge < -0.3 is 48.5 Å². The zero-order chi connectivity index (χ0) is 27.1. The molecule has 0 aliphatic carbocycles. The summed E-state index contributed by atoms with van der Waals surface area (Å²) < 4.78 is 0. The second-order valence-corrected chi connectivity index (χ2v) is 8.61. The van der Waals surface area contributed by atoms with Crippen molar-refractivity contribution in [1.82, 2.24) is 16.0 Å². The zero-order valence-electron chi connectivity index (χ0n) is 19.6. The van der Waals surface area contributed by atoms with E-state index in [1.807, 2.05) is 6.26 Å². The molecular formula is C19H35N7O8S. The first-order chi connectivity index (χ1) is 16.3. The smallest absolute Gasteiger partial charge is 0.326 e. The molecule has 0 saturated heterocycles. The van der Waals surface area contributed by atoms with Crippen molar-refractivity contribution in [3.8, 4) is 0 Å². The van der Waals surface area contributed by atoms with Crippen molar-refractivity contribution in [3.05, 3.63) is 0 Å². The van der Waals surface area contributed by atoms with E-state index < -0.39 is 66.4 Å². The molecule has 0 aromatic rings. The summed E-state index contributed by atoms with van der Waals surface area (Å²) in [5, 5.41) is 35.0. The van der Waals surface area contributed by atoms with Crippen molar-refractivity contribution in [1.29, 1.82) is 0 Å².